The molecule has 1 aliphatic rings. The summed E-state index contributed by atoms with van der Waals surface area (Å²) in [5.41, 5.74) is 7.18. The number of rotatable bonds is 4. The number of nitrogen functional groups attached to an aromatic ring is 1. The molecule has 112 valence electrons. The number of benzene rings is 1. The fourth-order valence-corrected chi connectivity index (χ4v) is 2.34. The molecule has 1 saturated heterocycles. The molecule has 2 heterocycles. The average molecular weight is 295 g/mol. The van der Waals surface area contributed by atoms with Crippen molar-refractivity contribution in [3.05, 3.63) is 35.9 Å². The van der Waals surface area contributed by atoms with E-state index < -0.39 is 0 Å². The topological polar surface area (TPSA) is 103 Å². The van der Waals surface area contributed by atoms with Gasteiger partial charge in [0.25, 0.3) is 0 Å². The molecular formula is C15H17N7. The van der Waals surface area contributed by atoms with E-state index in [0.717, 1.165) is 24.6 Å². The van der Waals surface area contributed by atoms with Gasteiger partial charge in [-0.15, -0.1) is 0 Å². The Hall–Kier alpha value is -2.85. The van der Waals surface area contributed by atoms with Crippen LogP contribution < -0.4 is 21.3 Å². The van der Waals surface area contributed by atoms with Crippen LogP contribution in [0.5, 0.6) is 0 Å². The van der Waals surface area contributed by atoms with Crippen molar-refractivity contribution in [3.63, 3.8) is 0 Å². The van der Waals surface area contributed by atoms with Crippen molar-refractivity contribution in [2.75, 3.05) is 36.1 Å². The van der Waals surface area contributed by atoms with Crippen molar-refractivity contribution in [2.24, 2.45) is 0 Å². The normalized spacial score (nSPS) is 14.3. The average Bonchev–Trinajstić information content (AvgIpc) is 2.46. The largest absolute Gasteiger partial charge is 0.368 e. The third-order valence-electron chi connectivity index (χ3n) is 3.61. The Kier molecular flexibility index (Phi) is 3.76. The first-order valence-corrected chi connectivity index (χ1v) is 7.02. The van der Waals surface area contributed by atoms with E-state index in [-0.39, 0.29) is 5.95 Å². The molecule has 0 saturated carbocycles. The summed E-state index contributed by atoms with van der Waals surface area (Å²) in [6.45, 7) is 1.80. The Morgan fingerprint density at radius 2 is 2.14 bits per heavy atom. The van der Waals surface area contributed by atoms with Crippen LogP contribution in [0, 0.1) is 11.3 Å². The first kappa shape index (κ1) is 14.1. The molecule has 1 aliphatic heterocycles. The van der Waals surface area contributed by atoms with Crippen LogP contribution in [0.4, 0.5) is 23.3 Å². The van der Waals surface area contributed by atoms with Crippen LogP contribution in [0.2, 0.25) is 0 Å². The zero-order valence-electron chi connectivity index (χ0n) is 12.2. The van der Waals surface area contributed by atoms with E-state index in [2.05, 4.69) is 31.6 Å². The molecule has 3 rings (SSSR count). The number of likely N-dealkylation sites (N-methyl/N-ethyl adjacent to an activating group) is 1. The fourth-order valence-electron chi connectivity index (χ4n) is 2.34. The predicted molar refractivity (Wildman–Crippen MR) is 85.9 cm³/mol. The van der Waals surface area contributed by atoms with Gasteiger partial charge < -0.3 is 21.3 Å². The highest BCUT2D eigenvalue weighted by Crippen LogP contribution is 2.24. The lowest BCUT2D eigenvalue weighted by molar-refractivity contribution is 0.447. The van der Waals surface area contributed by atoms with Crippen LogP contribution in [-0.4, -0.2) is 36.1 Å². The molecule has 7 nitrogen and oxygen atoms in total. The number of nitrogens with zero attached hydrogens (tertiary/aromatic N) is 4. The summed E-state index contributed by atoms with van der Waals surface area (Å²) in [5.74, 6) is 1.65. The highest BCUT2D eigenvalue weighted by atomic mass is 15.3. The minimum Gasteiger partial charge on any atom is -0.368 e. The standard InChI is InChI=1S/C15H17N7/c1-18-12-8-22(9-12)14-6-13(20-15(17)21-14)19-11-4-2-3-10(5-11)7-16/h2-6,12,18H,8-9H2,1H3,(H3,17,19,20,21). The third-order valence-corrected chi connectivity index (χ3v) is 3.61. The summed E-state index contributed by atoms with van der Waals surface area (Å²) in [6.07, 6.45) is 0. The second kappa shape index (κ2) is 5.87. The molecule has 22 heavy (non-hydrogen) atoms. The SMILES string of the molecule is CNC1CN(c2cc(Nc3cccc(C#N)c3)nc(N)n2)C1. The summed E-state index contributed by atoms with van der Waals surface area (Å²) >= 11 is 0. The van der Waals surface area contributed by atoms with Gasteiger partial charge in [0, 0.05) is 30.9 Å². The van der Waals surface area contributed by atoms with Crippen molar-refractivity contribution in [1.29, 1.82) is 5.26 Å². The molecule has 1 aromatic heterocycles. The van der Waals surface area contributed by atoms with E-state index in [9.17, 15) is 0 Å². The summed E-state index contributed by atoms with van der Waals surface area (Å²) in [6, 6.07) is 11.7. The minimum atomic E-state index is 0.226. The number of anilines is 4. The lowest BCUT2D eigenvalue weighted by Gasteiger charge is -2.40. The number of nitriles is 1. The zero-order chi connectivity index (χ0) is 15.5. The molecule has 0 unspecified atom stereocenters. The Morgan fingerprint density at radius 1 is 1.32 bits per heavy atom. The molecule has 7 heteroatoms. The molecule has 0 aliphatic carbocycles. The van der Waals surface area contributed by atoms with Gasteiger partial charge in [0.15, 0.2) is 0 Å². The van der Waals surface area contributed by atoms with Crippen LogP contribution in [0.3, 0.4) is 0 Å². The maximum atomic E-state index is 8.94. The quantitative estimate of drug-likeness (QED) is 0.775. The van der Waals surface area contributed by atoms with Gasteiger partial charge in [-0.2, -0.15) is 15.2 Å². The maximum Gasteiger partial charge on any atom is 0.223 e. The van der Waals surface area contributed by atoms with Gasteiger partial charge in [-0.3, -0.25) is 0 Å². The highest BCUT2D eigenvalue weighted by molar-refractivity contribution is 5.63. The summed E-state index contributed by atoms with van der Waals surface area (Å²) in [7, 11) is 1.95. The smallest absolute Gasteiger partial charge is 0.223 e. The summed E-state index contributed by atoms with van der Waals surface area (Å²) in [4.78, 5) is 10.6. The Bertz CT molecular complexity index is 716. The zero-order valence-corrected chi connectivity index (χ0v) is 12.2. The molecule has 0 bridgehead atoms. The van der Waals surface area contributed by atoms with Gasteiger partial charge in [-0.1, -0.05) is 6.07 Å². The van der Waals surface area contributed by atoms with Crippen molar-refractivity contribution >= 4 is 23.3 Å². The van der Waals surface area contributed by atoms with E-state index in [4.69, 9.17) is 11.0 Å². The molecule has 0 atom stereocenters. The Balaban J connectivity index is 1.79. The van der Waals surface area contributed by atoms with E-state index in [0.29, 0.717) is 17.4 Å². The number of nitrogens with two attached hydrogens (primary N) is 1. The molecule has 1 fully saturated rings. The molecular weight excluding hydrogens is 278 g/mol. The Morgan fingerprint density at radius 3 is 2.86 bits per heavy atom. The van der Waals surface area contributed by atoms with Gasteiger partial charge in [-0.25, -0.2) is 0 Å². The highest BCUT2D eigenvalue weighted by Gasteiger charge is 2.26. The first-order chi connectivity index (χ1) is 10.7. The number of aromatic nitrogens is 2. The van der Waals surface area contributed by atoms with Crippen LogP contribution in [-0.2, 0) is 0 Å². The van der Waals surface area contributed by atoms with E-state index >= 15 is 0 Å². The predicted octanol–water partition coefficient (Wildman–Crippen LogP) is 1.08. The van der Waals surface area contributed by atoms with Gasteiger partial charge in [0.2, 0.25) is 5.95 Å². The summed E-state index contributed by atoms with van der Waals surface area (Å²) in [5, 5.41) is 15.3. The van der Waals surface area contributed by atoms with Crippen molar-refractivity contribution < 1.29 is 0 Å². The minimum absolute atomic E-state index is 0.226. The molecule has 0 amide bonds. The molecule has 4 N–H and O–H groups in total. The van der Waals surface area contributed by atoms with Gasteiger partial charge >= 0.3 is 0 Å². The summed E-state index contributed by atoms with van der Waals surface area (Å²) < 4.78 is 0. The first-order valence-electron chi connectivity index (χ1n) is 7.02. The molecule has 0 spiro atoms. The van der Waals surface area contributed by atoms with Crippen molar-refractivity contribution in [3.8, 4) is 6.07 Å². The van der Waals surface area contributed by atoms with Gasteiger partial charge in [-0.05, 0) is 25.2 Å². The van der Waals surface area contributed by atoms with Crippen molar-refractivity contribution in [1.82, 2.24) is 15.3 Å². The van der Waals surface area contributed by atoms with Crippen LogP contribution in [0.15, 0.2) is 30.3 Å². The number of nitrogens with one attached hydrogen (secondary N) is 2. The second-order valence-corrected chi connectivity index (χ2v) is 5.18. The van der Waals surface area contributed by atoms with Crippen molar-refractivity contribution in [2.45, 2.75) is 6.04 Å². The monoisotopic (exact) mass is 295 g/mol. The van der Waals surface area contributed by atoms with Crippen LogP contribution in [0.1, 0.15) is 5.56 Å². The molecule has 1 aromatic carbocycles. The lowest BCUT2D eigenvalue weighted by atomic mass is 10.1. The van der Waals surface area contributed by atoms with Gasteiger partial charge in [0.1, 0.15) is 11.6 Å². The van der Waals surface area contributed by atoms with E-state index in [1.54, 1.807) is 12.1 Å². The van der Waals surface area contributed by atoms with Crippen LogP contribution in [0.25, 0.3) is 0 Å². The molecule has 2 aromatic rings. The second-order valence-electron chi connectivity index (χ2n) is 5.18. The van der Waals surface area contributed by atoms with E-state index in [1.807, 2.05) is 25.2 Å². The number of hydrogen-bond donors (Lipinski definition) is 3. The van der Waals surface area contributed by atoms with E-state index in [1.165, 1.54) is 0 Å². The third kappa shape index (κ3) is 2.92. The van der Waals surface area contributed by atoms with Gasteiger partial charge in [0.05, 0.1) is 11.6 Å². The number of hydrogen-bond acceptors (Lipinski definition) is 7. The molecule has 0 radical (unpaired) electrons. The lowest BCUT2D eigenvalue weighted by Crippen LogP contribution is -2.57. The fraction of sp³-hybridized carbons (Fsp3) is 0.267. The maximum absolute atomic E-state index is 8.94. The Labute approximate surface area is 128 Å². The van der Waals surface area contributed by atoms with Crippen LogP contribution >= 0.6 is 0 Å².